The Morgan fingerprint density at radius 3 is 2.81 bits per heavy atom. The number of fused-ring (bicyclic) bond motifs is 2. The zero-order valence-corrected chi connectivity index (χ0v) is 17.9. The largest absolute Gasteiger partial charge is 0.462 e. The summed E-state index contributed by atoms with van der Waals surface area (Å²) in [7, 11) is 0. The van der Waals surface area contributed by atoms with E-state index in [4.69, 9.17) is 11.2 Å². The highest BCUT2D eigenvalue weighted by Gasteiger charge is 2.41. The quantitative estimate of drug-likeness (QED) is 0.462. The number of rotatable bonds is 4. The van der Waals surface area contributed by atoms with Gasteiger partial charge in [0.1, 0.15) is 17.4 Å². The predicted molar refractivity (Wildman–Crippen MR) is 122 cm³/mol. The molecule has 1 unspecified atom stereocenters. The van der Waals surface area contributed by atoms with Crippen LogP contribution in [0.3, 0.4) is 0 Å². The Balaban J connectivity index is 1.76. The molecule has 6 nitrogen and oxygen atoms in total. The Bertz CT molecular complexity index is 1310. The number of terminal acetylenes is 1. The second-order valence-electron chi connectivity index (χ2n) is 7.98. The Morgan fingerprint density at radius 2 is 2.03 bits per heavy atom. The molecule has 6 heteroatoms. The van der Waals surface area contributed by atoms with Gasteiger partial charge in [-0.2, -0.15) is 5.10 Å². The van der Waals surface area contributed by atoms with Crippen LogP contribution in [0.15, 0.2) is 59.9 Å². The van der Waals surface area contributed by atoms with E-state index in [9.17, 15) is 9.59 Å². The van der Waals surface area contributed by atoms with Gasteiger partial charge in [0.05, 0.1) is 19.3 Å². The average Bonchev–Trinajstić information content (AvgIpc) is 3.24. The highest BCUT2D eigenvalue weighted by atomic mass is 16.5. The first-order valence-electron chi connectivity index (χ1n) is 10.8. The number of ether oxygens (including phenoxy) is 1. The van der Waals surface area contributed by atoms with Crippen LogP contribution in [0.4, 0.5) is 5.82 Å². The number of carbonyl (C=O) groups is 2. The zero-order chi connectivity index (χ0) is 22.2. The molecule has 1 atom stereocenters. The SMILES string of the molecule is C#CCN1C2=C(C(=O)CCC2)C(c2ccc3ccccc3c2)n2ncc(C(=O)OCC)c21. The van der Waals surface area contributed by atoms with Crippen molar-refractivity contribution in [3.63, 3.8) is 0 Å². The van der Waals surface area contributed by atoms with Gasteiger partial charge in [0, 0.05) is 17.7 Å². The number of benzene rings is 2. The lowest BCUT2D eigenvalue weighted by molar-refractivity contribution is -0.116. The minimum Gasteiger partial charge on any atom is -0.462 e. The number of Topliss-reactive ketones (excluding diaryl/α,β-unsaturated/α-hetero) is 1. The molecule has 160 valence electrons. The topological polar surface area (TPSA) is 64.4 Å². The number of hydrogen-bond acceptors (Lipinski definition) is 5. The summed E-state index contributed by atoms with van der Waals surface area (Å²) in [5.74, 6) is 2.93. The molecule has 0 fully saturated rings. The Hall–Kier alpha value is -3.85. The molecule has 3 aromatic rings. The van der Waals surface area contributed by atoms with E-state index in [0.29, 0.717) is 23.4 Å². The molecule has 0 saturated heterocycles. The number of allylic oxidation sites excluding steroid dienone is 2. The van der Waals surface area contributed by atoms with Crippen molar-refractivity contribution >= 4 is 28.3 Å². The summed E-state index contributed by atoms with van der Waals surface area (Å²) in [6.07, 6.45) is 9.18. The van der Waals surface area contributed by atoms with Crippen LogP contribution in [-0.4, -0.2) is 34.7 Å². The molecular weight excluding hydrogens is 402 g/mol. The normalized spacial score (nSPS) is 17.7. The minimum absolute atomic E-state index is 0.102. The molecule has 0 saturated carbocycles. The summed E-state index contributed by atoms with van der Waals surface area (Å²) >= 11 is 0. The molecule has 2 heterocycles. The third kappa shape index (κ3) is 3.09. The van der Waals surface area contributed by atoms with E-state index < -0.39 is 12.0 Å². The van der Waals surface area contributed by atoms with Crippen molar-refractivity contribution < 1.29 is 14.3 Å². The van der Waals surface area contributed by atoms with E-state index >= 15 is 0 Å². The van der Waals surface area contributed by atoms with Gasteiger partial charge in [-0.25, -0.2) is 9.48 Å². The standard InChI is InChI=1S/C26H23N3O3/c1-3-14-28-21-10-7-11-22(30)23(21)24(19-13-12-17-8-5-6-9-18(17)15-19)29-25(28)20(16-27-29)26(31)32-4-2/h1,5-6,8-9,12-13,15-16,24H,4,7,10-11,14H2,2H3. The first kappa shape index (κ1) is 20.1. The lowest BCUT2D eigenvalue weighted by Crippen LogP contribution is -2.39. The summed E-state index contributed by atoms with van der Waals surface area (Å²) < 4.78 is 7.04. The number of ketones is 1. The third-order valence-corrected chi connectivity index (χ3v) is 6.13. The fourth-order valence-corrected chi connectivity index (χ4v) is 4.80. The van der Waals surface area contributed by atoms with E-state index in [1.165, 1.54) is 6.20 Å². The summed E-state index contributed by atoms with van der Waals surface area (Å²) in [6.45, 7) is 2.28. The lowest BCUT2D eigenvalue weighted by Gasteiger charge is -2.39. The van der Waals surface area contributed by atoms with Crippen molar-refractivity contribution in [2.75, 3.05) is 18.1 Å². The number of hydrogen-bond donors (Lipinski definition) is 0. The number of nitrogens with zero attached hydrogens (tertiary/aromatic N) is 3. The van der Waals surface area contributed by atoms with E-state index in [0.717, 1.165) is 34.9 Å². The van der Waals surface area contributed by atoms with Crippen molar-refractivity contribution in [2.24, 2.45) is 0 Å². The molecule has 2 aromatic carbocycles. The van der Waals surface area contributed by atoms with E-state index in [2.05, 4.69) is 35.3 Å². The van der Waals surface area contributed by atoms with Crippen LogP contribution in [0.5, 0.6) is 0 Å². The van der Waals surface area contributed by atoms with Crippen molar-refractivity contribution in [1.29, 1.82) is 0 Å². The van der Waals surface area contributed by atoms with Crippen LogP contribution < -0.4 is 4.90 Å². The number of carbonyl (C=O) groups excluding carboxylic acids is 2. The molecular formula is C26H23N3O3. The smallest absolute Gasteiger partial charge is 0.343 e. The zero-order valence-electron chi connectivity index (χ0n) is 17.9. The molecule has 0 N–H and O–H groups in total. The van der Waals surface area contributed by atoms with Crippen LogP contribution in [0.25, 0.3) is 10.8 Å². The van der Waals surface area contributed by atoms with Gasteiger partial charge in [0.25, 0.3) is 0 Å². The van der Waals surface area contributed by atoms with Gasteiger partial charge in [-0.15, -0.1) is 6.42 Å². The Kier molecular flexibility index (Phi) is 5.02. The van der Waals surface area contributed by atoms with Crippen molar-refractivity contribution in [3.8, 4) is 12.3 Å². The highest BCUT2D eigenvalue weighted by molar-refractivity contribution is 6.02. The number of anilines is 1. The molecule has 1 aliphatic carbocycles. The van der Waals surface area contributed by atoms with Crippen LogP contribution in [0.1, 0.15) is 48.1 Å². The van der Waals surface area contributed by atoms with Gasteiger partial charge in [-0.05, 0) is 42.2 Å². The molecule has 1 aromatic heterocycles. The molecule has 1 aliphatic heterocycles. The molecule has 0 radical (unpaired) electrons. The van der Waals surface area contributed by atoms with E-state index in [1.807, 2.05) is 23.1 Å². The Morgan fingerprint density at radius 1 is 1.22 bits per heavy atom. The average molecular weight is 425 g/mol. The summed E-state index contributed by atoms with van der Waals surface area (Å²) in [6, 6.07) is 13.9. The van der Waals surface area contributed by atoms with Gasteiger partial charge in [0.15, 0.2) is 5.78 Å². The van der Waals surface area contributed by atoms with Crippen LogP contribution in [0.2, 0.25) is 0 Å². The summed E-state index contributed by atoms with van der Waals surface area (Å²) in [5.41, 5.74) is 2.91. The van der Waals surface area contributed by atoms with Gasteiger partial charge >= 0.3 is 5.97 Å². The fraction of sp³-hybridized carbons (Fsp3) is 0.269. The fourth-order valence-electron chi connectivity index (χ4n) is 4.80. The molecule has 0 bridgehead atoms. The second kappa shape index (κ2) is 8.01. The van der Waals surface area contributed by atoms with Crippen LogP contribution in [0, 0.1) is 12.3 Å². The van der Waals surface area contributed by atoms with Gasteiger partial charge < -0.3 is 9.64 Å². The lowest BCUT2D eigenvalue weighted by atomic mass is 9.84. The predicted octanol–water partition coefficient (Wildman–Crippen LogP) is 4.26. The van der Waals surface area contributed by atoms with Crippen LogP contribution >= 0.6 is 0 Å². The van der Waals surface area contributed by atoms with Gasteiger partial charge in [-0.1, -0.05) is 42.3 Å². The third-order valence-electron chi connectivity index (χ3n) is 6.13. The molecule has 2 aliphatic rings. The first-order chi connectivity index (χ1) is 15.6. The van der Waals surface area contributed by atoms with Crippen LogP contribution in [-0.2, 0) is 9.53 Å². The maximum absolute atomic E-state index is 13.2. The maximum Gasteiger partial charge on any atom is 0.343 e. The van der Waals surface area contributed by atoms with E-state index in [1.54, 1.807) is 11.6 Å². The van der Waals surface area contributed by atoms with Gasteiger partial charge in [0.2, 0.25) is 0 Å². The Labute approximate surface area is 186 Å². The number of esters is 1. The maximum atomic E-state index is 13.2. The minimum atomic E-state index is -0.445. The monoisotopic (exact) mass is 425 g/mol. The van der Waals surface area contributed by atoms with Crippen molar-refractivity contribution in [1.82, 2.24) is 9.78 Å². The summed E-state index contributed by atoms with van der Waals surface area (Å²) in [4.78, 5) is 27.8. The van der Waals surface area contributed by atoms with Gasteiger partial charge in [-0.3, -0.25) is 4.79 Å². The molecule has 0 amide bonds. The van der Waals surface area contributed by atoms with E-state index in [-0.39, 0.29) is 18.9 Å². The highest BCUT2D eigenvalue weighted by Crippen LogP contribution is 2.45. The van der Waals surface area contributed by atoms with Crippen molar-refractivity contribution in [3.05, 3.63) is 71.1 Å². The molecule has 0 spiro atoms. The summed E-state index contributed by atoms with van der Waals surface area (Å²) in [5, 5.41) is 6.78. The molecule has 5 rings (SSSR count). The first-order valence-corrected chi connectivity index (χ1v) is 10.8. The molecule has 32 heavy (non-hydrogen) atoms. The second-order valence-corrected chi connectivity index (χ2v) is 7.98. The van der Waals surface area contributed by atoms with Crippen molar-refractivity contribution in [2.45, 2.75) is 32.2 Å². The number of aromatic nitrogens is 2.